The van der Waals surface area contributed by atoms with Crippen molar-refractivity contribution in [2.75, 3.05) is 0 Å². The van der Waals surface area contributed by atoms with Gasteiger partial charge in [0.15, 0.2) is 0 Å². The van der Waals surface area contributed by atoms with E-state index in [0.29, 0.717) is 17.5 Å². The van der Waals surface area contributed by atoms with Crippen LogP contribution < -0.4 is 5.56 Å². The lowest BCUT2D eigenvalue weighted by Gasteiger charge is -2.09. The molecule has 2 aromatic heterocycles. The molecule has 1 aliphatic rings. The Morgan fingerprint density at radius 1 is 1.32 bits per heavy atom. The van der Waals surface area contributed by atoms with Crippen molar-refractivity contribution in [1.82, 2.24) is 15.1 Å². The molecule has 0 spiro atoms. The van der Waals surface area contributed by atoms with E-state index >= 15 is 0 Å². The Labute approximate surface area is 111 Å². The third-order valence-electron chi connectivity index (χ3n) is 3.81. The first-order chi connectivity index (χ1) is 9.15. The molecule has 0 bridgehead atoms. The molecule has 0 amide bonds. The number of aromatic amines is 1. The SMILES string of the molecule is Cc1noc(C)c1-c1nc(C2CCCC2)cc(=O)[nH]1. The molecule has 1 fully saturated rings. The lowest BCUT2D eigenvalue weighted by atomic mass is 10.0. The fourth-order valence-electron chi connectivity index (χ4n) is 2.85. The minimum absolute atomic E-state index is 0.105. The fraction of sp³-hybridized carbons (Fsp3) is 0.500. The van der Waals surface area contributed by atoms with Gasteiger partial charge in [-0.1, -0.05) is 18.0 Å². The van der Waals surface area contributed by atoms with Crippen molar-refractivity contribution >= 4 is 0 Å². The van der Waals surface area contributed by atoms with E-state index in [1.807, 2.05) is 13.8 Å². The van der Waals surface area contributed by atoms with Gasteiger partial charge >= 0.3 is 0 Å². The molecule has 3 rings (SSSR count). The Hall–Kier alpha value is -1.91. The Morgan fingerprint density at radius 3 is 2.68 bits per heavy atom. The van der Waals surface area contributed by atoms with Crippen LogP contribution in [0.4, 0.5) is 0 Å². The van der Waals surface area contributed by atoms with E-state index in [0.717, 1.165) is 29.8 Å². The van der Waals surface area contributed by atoms with Crippen LogP contribution in [0.15, 0.2) is 15.4 Å². The number of H-pyrrole nitrogens is 1. The van der Waals surface area contributed by atoms with Crippen LogP contribution >= 0.6 is 0 Å². The van der Waals surface area contributed by atoms with E-state index in [2.05, 4.69) is 15.1 Å². The summed E-state index contributed by atoms with van der Waals surface area (Å²) in [5.74, 6) is 1.68. The zero-order chi connectivity index (χ0) is 13.4. The topological polar surface area (TPSA) is 71.8 Å². The van der Waals surface area contributed by atoms with Crippen LogP contribution in [0.25, 0.3) is 11.4 Å². The van der Waals surface area contributed by atoms with Gasteiger partial charge in [0.25, 0.3) is 5.56 Å². The quantitative estimate of drug-likeness (QED) is 0.900. The van der Waals surface area contributed by atoms with Gasteiger partial charge in [0, 0.05) is 12.0 Å². The maximum absolute atomic E-state index is 11.8. The van der Waals surface area contributed by atoms with E-state index in [4.69, 9.17) is 4.52 Å². The van der Waals surface area contributed by atoms with Crippen LogP contribution in [0.1, 0.15) is 48.7 Å². The molecular formula is C14H17N3O2. The minimum Gasteiger partial charge on any atom is -0.361 e. The molecule has 1 N–H and O–H groups in total. The molecule has 2 aromatic rings. The monoisotopic (exact) mass is 259 g/mol. The highest BCUT2D eigenvalue weighted by atomic mass is 16.5. The zero-order valence-electron chi connectivity index (χ0n) is 11.2. The summed E-state index contributed by atoms with van der Waals surface area (Å²) in [5.41, 5.74) is 2.35. The average Bonchev–Trinajstić information content (AvgIpc) is 2.99. The van der Waals surface area contributed by atoms with Gasteiger partial charge in [-0.2, -0.15) is 0 Å². The van der Waals surface area contributed by atoms with Crippen molar-refractivity contribution < 1.29 is 4.52 Å². The molecule has 0 aromatic carbocycles. The van der Waals surface area contributed by atoms with E-state index in [9.17, 15) is 4.79 Å². The number of hydrogen-bond acceptors (Lipinski definition) is 4. The highest BCUT2D eigenvalue weighted by Crippen LogP contribution is 2.33. The molecule has 19 heavy (non-hydrogen) atoms. The van der Waals surface area contributed by atoms with Gasteiger partial charge in [-0.3, -0.25) is 4.79 Å². The second-order valence-electron chi connectivity index (χ2n) is 5.20. The Bertz CT molecular complexity index is 631. The number of nitrogens with one attached hydrogen (secondary N) is 1. The summed E-state index contributed by atoms with van der Waals surface area (Å²) >= 11 is 0. The molecule has 0 aliphatic heterocycles. The molecule has 1 aliphatic carbocycles. The number of rotatable bonds is 2. The third kappa shape index (κ3) is 2.20. The van der Waals surface area contributed by atoms with Gasteiger partial charge in [-0.15, -0.1) is 0 Å². The summed E-state index contributed by atoms with van der Waals surface area (Å²) in [4.78, 5) is 19.3. The molecule has 0 radical (unpaired) electrons. The lowest BCUT2D eigenvalue weighted by Crippen LogP contribution is -2.12. The summed E-state index contributed by atoms with van der Waals surface area (Å²) in [7, 11) is 0. The molecule has 5 nitrogen and oxygen atoms in total. The first-order valence-corrected chi connectivity index (χ1v) is 6.69. The molecule has 0 unspecified atom stereocenters. The smallest absolute Gasteiger partial charge is 0.251 e. The van der Waals surface area contributed by atoms with Crippen LogP contribution in [0, 0.1) is 13.8 Å². The van der Waals surface area contributed by atoms with E-state index in [-0.39, 0.29) is 5.56 Å². The van der Waals surface area contributed by atoms with Crippen molar-refractivity contribution in [3.63, 3.8) is 0 Å². The summed E-state index contributed by atoms with van der Waals surface area (Å²) < 4.78 is 5.14. The predicted octanol–water partition coefficient (Wildman–Crippen LogP) is 2.70. The average molecular weight is 259 g/mol. The first-order valence-electron chi connectivity index (χ1n) is 6.69. The van der Waals surface area contributed by atoms with Gasteiger partial charge in [0.1, 0.15) is 11.6 Å². The van der Waals surface area contributed by atoms with Crippen molar-refractivity contribution in [1.29, 1.82) is 0 Å². The third-order valence-corrected chi connectivity index (χ3v) is 3.81. The number of aromatic nitrogens is 3. The Balaban J connectivity index is 2.09. The summed E-state index contributed by atoms with van der Waals surface area (Å²) in [5, 5.41) is 3.91. The van der Waals surface area contributed by atoms with Crippen LogP contribution in [0.2, 0.25) is 0 Å². The zero-order valence-corrected chi connectivity index (χ0v) is 11.2. The van der Waals surface area contributed by atoms with Crippen LogP contribution in [-0.4, -0.2) is 15.1 Å². The molecule has 0 saturated heterocycles. The van der Waals surface area contributed by atoms with Gasteiger partial charge in [0.2, 0.25) is 0 Å². The fourth-order valence-corrected chi connectivity index (χ4v) is 2.85. The van der Waals surface area contributed by atoms with Gasteiger partial charge < -0.3 is 9.51 Å². The minimum atomic E-state index is -0.105. The van der Waals surface area contributed by atoms with Crippen LogP contribution in [-0.2, 0) is 0 Å². The highest BCUT2D eigenvalue weighted by molar-refractivity contribution is 5.59. The van der Waals surface area contributed by atoms with Crippen molar-refractivity contribution in [2.24, 2.45) is 0 Å². The Kier molecular flexibility index (Phi) is 2.97. The van der Waals surface area contributed by atoms with E-state index in [1.165, 1.54) is 12.8 Å². The molecular weight excluding hydrogens is 242 g/mol. The largest absolute Gasteiger partial charge is 0.361 e. The van der Waals surface area contributed by atoms with Crippen LogP contribution in [0.5, 0.6) is 0 Å². The van der Waals surface area contributed by atoms with Crippen molar-refractivity contribution in [3.8, 4) is 11.4 Å². The van der Waals surface area contributed by atoms with E-state index in [1.54, 1.807) is 6.07 Å². The molecule has 2 heterocycles. The first kappa shape index (κ1) is 12.1. The summed E-state index contributed by atoms with van der Waals surface area (Å²) in [6.45, 7) is 3.69. The standard InChI is InChI=1S/C14H17N3O2/c1-8-13(9(2)19-17-8)14-15-11(7-12(18)16-14)10-5-3-4-6-10/h7,10H,3-6H2,1-2H3,(H,15,16,18). The normalized spacial score (nSPS) is 16.1. The van der Waals surface area contributed by atoms with Gasteiger partial charge in [-0.05, 0) is 26.7 Å². The molecule has 0 atom stereocenters. The predicted molar refractivity (Wildman–Crippen MR) is 71.0 cm³/mol. The van der Waals surface area contributed by atoms with Gasteiger partial charge in [0.05, 0.1) is 17.0 Å². The summed E-state index contributed by atoms with van der Waals surface area (Å²) in [6, 6.07) is 1.62. The maximum Gasteiger partial charge on any atom is 0.251 e. The number of aryl methyl sites for hydroxylation is 2. The second-order valence-corrected chi connectivity index (χ2v) is 5.20. The highest BCUT2D eigenvalue weighted by Gasteiger charge is 2.21. The lowest BCUT2D eigenvalue weighted by molar-refractivity contribution is 0.393. The molecule has 5 heteroatoms. The van der Waals surface area contributed by atoms with Gasteiger partial charge in [-0.25, -0.2) is 4.98 Å². The maximum atomic E-state index is 11.8. The second kappa shape index (κ2) is 4.64. The Morgan fingerprint density at radius 2 is 2.05 bits per heavy atom. The number of hydrogen-bond donors (Lipinski definition) is 1. The van der Waals surface area contributed by atoms with Crippen molar-refractivity contribution in [3.05, 3.63) is 33.6 Å². The molecule has 100 valence electrons. The van der Waals surface area contributed by atoms with E-state index < -0.39 is 0 Å². The number of nitrogens with zero attached hydrogens (tertiary/aromatic N) is 2. The van der Waals surface area contributed by atoms with Crippen LogP contribution in [0.3, 0.4) is 0 Å². The summed E-state index contributed by atoms with van der Waals surface area (Å²) in [6.07, 6.45) is 4.69. The molecule has 1 saturated carbocycles. The van der Waals surface area contributed by atoms with Crippen molar-refractivity contribution in [2.45, 2.75) is 45.4 Å².